The molecule has 8 heteroatoms. The van der Waals surface area contributed by atoms with Crippen molar-refractivity contribution in [1.29, 1.82) is 0 Å². The zero-order valence-electron chi connectivity index (χ0n) is 6.65. The summed E-state index contributed by atoms with van der Waals surface area (Å²) in [5, 5.41) is 0. The van der Waals surface area contributed by atoms with Gasteiger partial charge < -0.3 is 9.47 Å². The minimum absolute atomic E-state index is 0.141. The van der Waals surface area contributed by atoms with Crippen molar-refractivity contribution in [2.75, 3.05) is 13.2 Å². The van der Waals surface area contributed by atoms with Gasteiger partial charge in [0.25, 0.3) is 0 Å². The Kier molecular flexibility index (Phi) is 2.96. The number of hydrogen-bond donors (Lipinski definition) is 0. The summed E-state index contributed by atoms with van der Waals surface area (Å²) in [6.45, 7) is -0.549. The van der Waals surface area contributed by atoms with E-state index < -0.39 is 31.2 Å². The Bertz CT molecular complexity index is 179. The number of halogens is 6. The molecule has 1 fully saturated rings. The van der Waals surface area contributed by atoms with Crippen LogP contribution in [0.2, 0.25) is 0 Å². The van der Waals surface area contributed by atoms with E-state index >= 15 is 0 Å². The molecule has 1 saturated heterocycles. The second kappa shape index (κ2) is 3.58. The topological polar surface area (TPSA) is 21.8 Å². The molecule has 0 aliphatic carbocycles. The van der Waals surface area contributed by atoms with Crippen molar-refractivity contribution < 1.29 is 35.8 Å². The average molecular weight is 224 g/mol. The lowest BCUT2D eigenvalue weighted by atomic mass is 10.3. The molecular weight excluding hydrogens is 218 g/mol. The summed E-state index contributed by atoms with van der Waals surface area (Å²) in [7, 11) is 0. The summed E-state index contributed by atoms with van der Waals surface area (Å²) in [5.41, 5.74) is 0. The van der Waals surface area contributed by atoms with Crippen molar-refractivity contribution in [1.82, 2.24) is 0 Å². The van der Waals surface area contributed by atoms with Crippen molar-refractivity contribution >= 4 is 0 Å². The van der Waals surface area contributed by atoms with Crippen LogP contribution in [0.25, 0.3) is 0 Å². The normalized spacial score (nSPS) is 22.9. The molecule has 0 amide bonds. The van der Waals surface area contributed by atoms with Crippen molar-refractivity contribution in [3.63, 3.8) is 0 Å². The maximum Gasteiger partial charge on any atom is 0.423 e. The number of epoxide rings is 1. The van der Waals surface area contributed by atoms with Crippen LogP contribution in [0.15, 0.2) is 0 Å². The zero-order valence-corrected chi connectivity index (χ0v) is 6.65. The molecule has 1 heterocycles. The minimum atomic E-state index is -5.44. The Labute approximate surface area is 74.8 Å². The minimum Gasteiger partial charge on any atom is -0.371 e. The lowest BCUT2D eigenvalue weighted by Gasteiger charge is -2.22. The van der Waals surface area contributed by atoms with Gasteiger partial charge >= 0.3 is 12.4 Å². The quantitative estimate of drug-likeness (QED) is 0.539. The van der Waals surface area contributed by atoms with E-state index in [0.717, 1.165) is 0 Å². The first-order valence-corrected chi connectivity index (χ1v) is 3.58. The Balaban J connectivity index is 2.51. The molecular formula is C6H6F6O2. The zero-order chi connectivity index (χ0) is 11.0. The predicted molar refractivity (Wildman–Crippen MR) is 31.6 cm³/mol. The number of hydrogen-bond acceptors (Lipinski definition) is 2. The maximum absolute atomic E-state index is 11.8. The molecule has 2 nitrogen and oxygen atoms in total. The summed E-state index contributed by atoms with van der Waals surface area (Å²) >= 11 is 0. The van der Waals surface area contributed by atoms with E-state index in [2.05, 4.69) is 9.47 Å². The Morgan fingerprint density at radius 2 is 1.57 bits per heavy atom. The van der Waals surface area contributed by atoms with Crippen molar-refractivity contribution in [2.45, 2.75) is 24.6 Å². The van der Waals surface area contributed by atoms with Gasteiger partial charge in [-0.3, -0.25) is 0 Å². The van der Waals surface area contributed by atoms with E-state index in [-0.39, 0.29) is 6.61 Å². The van der Waals surface area contributed by atoms with Crippen LogP contribution in [-0.2, 0) is 9.47 Å². The molecule has 0 aromatic carbocycles. The fourth-order valence-electron chi connectivity index (χ4n) is 0.742. The molecule has 0 radical (unpaired) electrons. The maximum atomic E-state index is 11.8. The van der Waals surface area contributed by atoms with Crippen molar-refractivity contribution in [2.24, 2.45) is 0 Å². The summed E-state index contributed by atoms with van der Waals surface area (Å²) in [4.78, 5) is 0. The average Bonchev–Trinajstić information content (AvgIpc) is 2.64. The SMILES string of the molecule is FC(F)(F)C(OC[C@@H]1CO1)C(F)(F)F. The van der Waals surface area contributed by atoms with Crippen molar-refractivity contribution in [3.05, 3.63) is 0 Å². The van der Waals surface area contributed by atoms with Gasteiger partial charge in [-0.05, 0) is 0 Å². The van der Waals surface area contributed by atoms with Crippen LogP contribution >= 0.6 is 0 Å². The van der Waals surface area contributed by atoms with Gasteiger partial charge in [0.15, 0.2) is 0 Å². The largest absolute Gasteiger partial charge is 0.423 e. The highest BCUT2D eigenvalue weighted by Gasteiger charge is 2.58. The van der Waals surface area contributed by atoms with E-state index in [1.165, 1.54) is 0 Å². The molecule has 1 aliphatic rings. The van der Waals surface area contributed by atoms with E-state index in [4.69, 9.17) is 0 Å². The van der Waals surface area contributed by atoms with Crippen LogP contribution in [0.4, 0.5) is 26.3 Å². The molecule has 0 saturated carbocycles. The third-order valence-corrected chi connectivity index (χ3v) is 1.45. The molecule has 1 atom stereocenters. The van der Waals surface area contributed by atoms with Crippen LogP contribution in [0.5, 0.6) is 0 Å². The molecule has 84 valence electrons. The molecule has 0 unspecified atom stereocenters. The van der Waals surface area contributed by atoms with Gasteiger partial charge in [0.1, 0.15) is 6.10 Å². The molecule has 1 rings (SSSR count). The van der Waals surface area contributed by atoms with Gasteiger partial charge in [0.2, 0.25) is 6.10 Å². The monoisotopic (exact) mass is 224 g/mol. The van der Waals surface area contributed by atoms with Crippen LogP contribution in [-0.4, -0.2) is 37.8 Å². The van der Waals surface area contributed by atoms with E-state index in [0.29, 0.717) is 0 Å². The molecule has 0 aromatic rings. The standard InChI is InChI=1S/C6H6F6O2/c7-5(8,9)4(6(10,11)12)14-2-3-1-13-3/h3-4H,1-2H2/t3-/m0/s1. The van der Waals surface area contributed by atoms with Gasteiger partial charge in [-0.25, -0.2) is 0 Å². The predicted octanol–water partition coefficient (Wildman–Crippen LogP) is 1.90. The van der Waals surface area contributed by atoms with Gasteiger partial charge in [-0.15, -0.1) is 0 Å². The van der Waals surface area contributed by atoms with E-state index in [9.17, 15) is 26.3 Å². The first-order valence-electron chi connectivity index (χ1n) is 3.58. The summed E-state index contributed by atoms with van der Waals surface area (Å²) < 4.78 is 79.0. The van der Waals surface area contributed by atoms with Crippen molar-refractivity contribution in [3.8, 4) is 0 Å². The molecule has 0 aromatic heterocycles. The molecule has 1 aliphatic heterocycles. The number of alkyl halides is 6. The smallest absolute Gasteiger partial charge is 0.371 e. The summed E-state index contributed by atoms with van der Waals surface area (Å²) in [5.74, 6) is 0. The first kappa shape index (κ1) is 11.6. The third-order valence-electron chi connectivity index (χ3n) is 1.45. The summed E-state index contributed by atoms with van der Waals surface area (Å²) in [6, 6.07) is 0. The lowest BCUT2D eigenvalue weighted by molar-refractivity contribution is -0.322. The van der Waals surface area contributed by atoms with Crippen LogP contribution in [0.3, 0.4) is 0 Å². The Hall–Kier alpha value is -0.500. The number of rotatable bonds is 3. The Morgan fingerprint density at radius 1 is 1.14 bits per heavy atom. The van der Waals surface area contributed by atoms with Gasteiger partial charge in [-0.2, -0.15) is 26.3 Å². The third kappa shape index (κ3) is 3.33. The first-order chi connectivity index (χ1) is 6.21. The highest BCUT2D eigenvalue weighted by Crippen LogP contribution is 2.36. The van der Waals surface area contributed by atoms with E-state index in [1.807, 2.05) is 0 Å². The van der Waals surface area contributed by atoms with Crippen LogP contribution in [0.1, 0.15) is 0 Å². The van der Waals surface area contributed by atoms with Crippen LogP contribution in [0, 0.1) is 0 Å². The van der Waals surface area contributed by atoms with Crippen LogP contribution < -0.4 is 0 Å². The van der Waals surface area contributed by atoms with E-state index in [1.54, 1.807) is 0 Å². The lowest BCUT2D eigenvalue weighted by Crippen LogP contribution is -2.44. The fourth-order valence-corrected chi connectivity index (χ4v) is 0.742. The second-order valence-electron chi connectivity index (χ2n) is 2.75. The van der Waals surface area contributed by atoms with Gasteiger partial charge in [0, 0.05) is 0 Å². The fraction of sp³-hybridized carbons (Fsp3) is 1.00. The highest BCUT2D eigenvalue weighted by atomic mass is 19.4. The molecule has 0 spiro atoms. The number of ether oxygens (including phenoxy) is 2. The molecule has 0 bridgehead atoms. The second-order valence-corrected chi connectivity index (χ2v) is 2.75. The van der Waals surface area contributed by atoms with Gasteiger partial charge in [0.05, 0.1) is 13.2 Å². The summed E-state index contributed by atoms with van der Waals surface area (Å²) in [6.07, 6.45) is -15.2. The molecule has 14 heavy (non-hydrogen) atoms. The highest BCUT2D eigenvalue weighted by molar-refractivity contribution is 4.78. The Morgan fingerprint density at radius 3 is 1.86 bits per heavy atom. The van der Waals surface area contributed by atoms with Gasteiger partial charge in [-0.1, -0.05) is 0 Å². The molecule has 0 N–H and O–H groups in total.